The Morgan fingerprint density at radius 2 is 1.61 bits per heavy atom. The number of fused-ring (bicyclic) bond motifs is 1. The van der Waals surface area contributed by atoms with Gasteiger partial charge in [-0.15, -0.1) is 0 Å². The molecule has 1 heterocycles. The van der Waals surface area contributed by atoms with Gasteiger partial charge in [0.15, 0.2) is 0 Å². The number of hydrogen-bond acceptors (Lipinski definition) is 5. The van der Waals surface area contributed by atoms with Crippen molar-refractivity contribution in [2.45, 2.75) is 56.9 Å². The predicted molar refractivity (Wildman–Crippen MR) is 139 cm³/mol. The number of anilines is 1. The standard InChI is InChI=1S/C29H31NO5Se/c1-21-11-10-12-22(19-21)20-29(17-18-36(33,34)23-13-6-5-7-14-23)24-15-8-9-16-25(24)30(26(29)31)27(32)35-28(2,3)4/h5-16,19H,17-18,20H2,1-4H3. The van der Waals surface area contributed by atoms with Crippen LogP contribution < -0.4 is 9.36 Å². The van der Waals surface area contributed by atoms with Crippen molar-refractivity contribution >= 4 is 34.9 Å². The van der Waals surface area contributed by atoms with E-state index < -0.39 is 35.7 Å². The predicted octanol–water partition coefficient (Wildman–Crippen LogP) is 5.36. The van der Waals surface area contributed by atoms with Crippen LogP contribution in [0.25, 0.3) is 0 Å². The minimum absolute atomic E-state index is 0.0536. The van der Waals surface area contributed by atoms with Gasteiger partial charge in [-0.25, -0.2) is 0 Å². The van der Waals surface area contributed by atoms with Gasteiger partial charge in [0, 0.05) is 0 Å². The van der Waals surface area contributed by atoms with Gasteiger partial charge in [0.1, 0.15) is 0 Å². The fourth-order valence-electron chi connectivity index (χ4n) is 4.73. The summed E-state index contributed by atoms with van der Waals surface area (Å²) in [7, 11) is 0. The Hall–Kier alpha value is -3.28. The van der Waals surface area contributed by atoms with Crippen LogP contribution in [0.5, 0.6) is 0 Å². The number of amides is 2. The number of hydrogen-bond donors (Lipinski definition) is 0. The van der Waals surface area contributed by atoms with Gasteiger partial charge in [0.05, 0.1) is 0 Å². The molecule has 0 aliphatic carbocycles. The van der Waals surface area contributed by atoms with Crippen LogP contribution in [0.4, 0.5) is 10.5 Å². The normalized spacial score (nSPS) is 17.7. The van der Waals surface area contributed by atoms with Crippen LogP contribution in [-0.2, 0) is 29.0 Å². The van der Waals surface area contributed by atoms with Gasteiger partial charge in [-0.05, 0) is 0 Å². The molecule has 1 aliphatic heterocycles. The molecule has 0 saturated heterocycles. The second-order valence-corrected chi connectivity index (χ2v) is 14.7. The van der Waals surface area contributed by atoms with Gasteiger partial charge in [0.25, 0.3) is 0 Å². The Kier molecular flexibility index (Phi) is 6.91. The molecule has 6 nitrogen and oxygen atoms in total. The first-order chi connectivity index (χ1) is 16.9. The third kappa shape index (κ3) is 5.13. The molecule has 1 atom stereocenters. The Morgan fingerprint density at radius 3 is 2.28 bits per heavy atom. The summed E-state index contributed by atoms with van der Waals surface area (Å²) in [5.41, 5.74) is 0.989. The molecule has 0 N–H and O–H groups in total. The first-order valence-electron chi connectivity index (χ1n) is 11.9. The molecular formula is C29H31NO5Se. The zero-order chi connectivity index (χ0) is 26.1. The summed E-state index contributed by atoms with van der Waals surface area (Å²) >= 11 is -4.56. The first-order valence-corrected chi connectivity index (χ1v) is 15.4. The summed E-state index contributed by atoms with van der Waals surface area (Å²) in [6, 6.07) is 23.2. The zero-order valence-corrected chi connectivity index (χ0v) is 22.7. The minimum atomic E-state index is -4.56. The van der Waals surface area contributed by atoms with E-state index >= 15 is 0 Å². The van der Waals surface area contributed by atoms with Gasteiger partial charge < -0.3 is 0 Å². The van der Waals surface area contributed by atoms with Gasteiger partial charge in [0.2, 0.25) is 0 Å². The molecule has 3 aromatic rings. The monoisotopic (exact) mass is 553 g/mol. The Labute approximate surface area is 213 Å². The molecule has 3 aromatic carbocycles. The molecule has 0 fully saturated rings. The Morgan fingerprint density at radius 1 is 0.944 bits per heavy atom. The van der Waals surface area contributed by atoms with Crippen molar-refractivity contribution in [3.8, 4) is 0 Å². The van der Waals surface area contributed by atoms with Gasteiger partial charge in [-0.3, -0.25) is 0 Å². The number of imide groups is 1. The number of rotatable bonds is 6. The van der Waals surface area contributed by atoms with Gasteiger partial charge in [-0.1, -0.05) is 0 Å². The quantitative estimate of drug-likeness (QED) is 0.385. The molecule has 7 heteroatoms. The number of nitrogens with zero attached hydrogens (tertiary/aromatic N) is 1. The van der Waals surface area contributed by atoms with E-state index in [2.05, 4.69) is 0 Å². The van der Waals surface area contributed by atoms with Gasteiger partial charge in [-0.2, -0.15) is 0 Å². The molecule has 0 aromatic heterocycles. The van der Waals surface area contributed by atoms with Crippen LogP contribution in [0.3, 0.4) is 0 Å². The molecule has 36 heavy (non-hydrogen) atoms. The Balaban J connectivity index is 1.81. The first kappa shape index (κ1) is 25.8. The van der Waals surface area contributed by atoms with Gasteiger partial charge >= 0.3 is 214 Å². The van der Waals surface area contributed by atoms with Crippen LogP contribution >= 0.6 is 0 Å². The maximum atomic E-state index is 14.2. The Bertz CT molecular complexity index is 1390. The molecule has 0 bridgehead atoms. The van der Waals surface area contributed by atoms with Crippen molar-refractivity contribution in [2.75, 3.05) is 4.90 Å². The number of carbonyl (C=O) groups is 2. The number of benzene rings is 3. The zero-order valence-electron chi connectivity index (χ0n) is 21.0. The molecule has 1 unspecified atom stereocenters. The fraction of sp³-hybridized carbons (Fsp3) is 0.310. The van der Waals surface area contributed by atoms with Crippen molar-refractivity contribution < 1.29 is 22.0 Å². The maximum absolute atomic E-state index is 14.2. The number of aryl methyl sites for hydroxylation is 1. The van der Waals surface area contributed by atoms with Crippen LogP contribution in [0, 0.1) is 6.92 Å². The molecule has 188 valence electrons. The van der Waals surface area contributed by atoms with E-state index in [-0.39, 0.29) is 22.6 Å². The van der Waals surface area contributed by atoms with Crippen molar-refractivity contribution in [3.63, 3.8) is 0 Å². The summed E-state index contributed by atoms with van der Waals surface area (Å²) in [5.74, 6) is -0.458. The van der Waals surface area contributed by atoms with Crippen molar-refractivity contribution in [1.29, 1.82) is 0 Å². The molecular weight excluding hydrogens is 521 g/mol. The van der Waals surface area contributed by atoms with E-state index in [1.807, 2.05) is 43.3 Å². The third-order valence-corrected chi connectivity index (χ3v) is 9.97. The molecule has 0 radical (unpaired) electrons. The van der Waals surface area contributed by atoms with Crippen molar-refractivity contribution in [1.82, 2.24) is 0 Å². The summed E-state index contributed by atoms with van der Waals surface area (Å²) in [5, 5.41) is -0.172. The topological polar surface area (TPSA) is 80.8 Å². The molecule has 4 rings (SSSR count). The van der Waals surface area contributed by atoms with E-state index in [9.17, 15) is 17.3 Å². The van der Waals surface area contributed by atoms with Crippen LogP contribution in [0.2, 0.25) is 5.32 Å². The fourth-order valence-corrected chi connectivity index (χ4v) is 7.72. The second kappa shape index (κ2) is 9.64. The SMILES string of the molecule is Cc1cccc(CC2(CC[Se](=O)(=O)c3ccccc3)C(=O)N(C(=O)OC(C)(C)C)c3ccccc32)c1. The number of carbonyl (C=O) groups excluding carboxylic acids is 2. The van der Waals surface area contributed by atoms with Crippen LogP contribution in [-0.4, -0.2) is 30.3 Å². The summed E-state index contributed by atoms with van der Waals surface area (Å²) < 4.78 is 32.5. The molecule has 0 spiro atoms. The van der Waals surface area contributed by atoms with E-state index in [0.29, 0.717) is 11.3 Å². The second-order valence-electron chi connectivity index (χ2n) is 10.3. The average molecular weight is 553 g/mol. The number of para-hydroxylation sites is 1. The molecule has 2 amide bonds. The summed E-state index contributed by atoms with van der Waals surface area (Å²) in [4.78, 5) is 28.5. The third-order valence-electron chi connectivity index (χ3n) is 6.34. The molecule has 1 aliphatic rings. The number of ether oxygens (including phenoxy) is 1. The average Bonchev–Trinajstić information content (AvgIpc) is 3.05. The van der Waals surface area contributed by atoms with E-state index in [0.717, 1.165) is 16.0 Å². The van der Waals surface area contributed by atoms with E-state index in [1.54, 1.807) is 63.2 Å². The van der Waals surface area contributed by atoms with Crippen molar-refractivity contribution in [2.24, 2.45) is 0 Å². The summed E-state index contributed by atoms with van der Waals surface area (Å²) in [6.45, 7) is 7.20. The van der Waals surface area contributed by atoms with Crippen LogP contribution in [0.15, 0.2) is 78.9 Å². The van der Waals surface area contributed by atoms with Crippen LogP contribution in [0.1, 0.15) is 43.9 Å². The van der Waals surface area contributed by atoms with E-state index in [1.165, 1.54) is 0 Å². The summed E-state index contributed by atoms with van der Waals surface area (Å²) in [6.07, 6.45) is -0.437. The molecule has 0 saturated carbocycles. The van der Waals surface area contributed by atoms with Crippen molar-refractivity contribution in [3.05, 3.63) is 95.6 Å². The van der Waals surface area contributed by atoms with E-state index in [4.69, 9.17) is 4.74 Å².